The Bertz CT molecular complexity index is 152. The quantitative estimate of drug-likeness (QED) is 0.407. The van der Waals surface area contributed by atoms with E-state index >= 15 is 0 Å². The molecule has 0 saturated carbocycles. The van der Waals surface area contributed by atoms with Crippen LogP contribution in [0.4, 0.5) is 0 Å². The molecule has 0 rings (SSSR count). The van der Waals surface area contributed by atoms with E-state index in [2.05, 4.69) is 18.6 Å². The first kappa shape index (κ1) is 13.3. The van der Waals surface area contributed by atoms with E-state index in [1.54, 1.807) is 0 Å². The van der Waals surface area contributed by atoms with Gasteiger partial charge >= 0.3 is 0 Å². The maximum absolute atomic E-state index is 7.68. The Balaban J connectivity index is 3.10. The van der Waals surface area contributed by atoms with Crippen molar-refractivity contribution in [2.75, 3.05) is 6.54 Å². The highest BCUT2D eigenvalue weighted by atomic mass is 14.7. The van der Waals surface area contributed by atoms with Gasteiger partial charge in [0.05, 0.1) is 0 Å². The largest absolute Gasteiger partial charge is 0.310 e. The molecule has 0 atom stereocenters. The number of nitrogens with one attached hydrogen (secondary N) is 1. The Labute approximate surface area is 88.3 Å². The van der Waals surface area contributed by atoms with Gasteiger partial charge in [-0.05, 0) is 38.8 Å². The van der Waals surface area contributed by atoms with E-state index in [0.717, 1.165) is 31.5 Å². The van der Waals surface area contributed by atoms with E-state index in [1.165, 1.54) is 32.1 Å². The Morgan fingerprint density at radius 1 is 1.07 bits per heavy atom. The summed E-state index contributed by atoms with van der Waals surface area (Å²) in [5, 5.41) is 7.68. The zero-order valence-corrected chi connectivity index (χ0v) is 9.52. The maximum Gasteiger partial charge on any atom is 0.0382 e. The summed E-state index contributed by atoms with van der Waals surface area (Å²) >= 11 is 0. The lowest BCUT2D eigenvalue weighted by atomic mass is 10.1. The highest BCUT2D eigenvalue weighted by Crippen LogP contribution is 2.07. The van der Waals surface area contributed by atoms with Gasteiger partial charge in [-0.1, -0.05) is 26.2 Å². The molecular formula is C12H24N2. The van der Waals surface area contributed by atoms with Crippen molar-refractivity contribution in [3.8, 4) is 0 Å². The molecule has 0 bridgehead atoms. The van der Waals surface area contributed by atoms with Crippen LogP contribution in [-0.2, 0) is 0 Å². The van der Waals surface area contributed by atoms with Gasteiger partial charge in [0, 0.05) is 12.3 Å². The summed E-state index contributed by atoms with van der Waals surface area (Å²) in [6, 6.07) is 0. The fourth-order valence-electron chi connectivity index (χ4n) is 1.43. The second-order valence-corrected chi connectivity index (χ2v) is 3.82. The van der Waals surface area contributed by atoms with E-state index in [-0.39, 0.29) is 0 Å². The van der Waals surface area contributed by atoms with Gasteiger partial charge in [0.25, 0.3) is 0 Å². The van der Waals surface area contributed by atoms with Gasteiger partial charge in [-0.25, -0.2) is 0 Å². The molecule has 0 aromatic carbocycles. The Morgan fingerprint density at radius 3 is 2.36 bits per heavy atom. The Morgan fingerprint density at radius 2 is 1.71 bits per heavy atom. The van der Waals surface area contributed by atoms with Gasteiger partial charge in [0.2, 0.25) is 0 Å². The summed E-state index contributed by atoms with van der Waals surface area (Å²) in [7, 11) is 0. The van der Waals surface area contributed by atoms with Crippen molar-refractivity contribution < 1.29 is 0 Å². The lowest BCUT2D eigenvalue weighted by Crippen LogP contribution is -1.96. The standard InChI is InChI=1S/C12H24N2/c1-3-4-9-12(13)10-7-5-6-8-11-14-2/h13H,2-11H2,1H3. The number of nitrogens with zero attached hydrogens (tertiary/aromatic N) is 1. The minimum absolute atomic E-state index is 0.896. The molecule has 0 unspecified atom stereocenters. The molecule has 0 spiro atoms. The summed E-state index contributed by atoms with van der Waals surface area (Å²) in [4.78, 5) is 3.82. The van der Waals surface area contributed by atoms with Crippen molar-refractivity contribution in [2.45, 2.75) is 58.3 Å². The second kappa shape index (κ2) is 10.4. The summed E-state index contributed by atoms with van der Waals surface area (Å²) < 4.78 is 0. The number of hydrogen-bond donors (Lipinski definition) is 1. The third-order valence-electron chi connectivity index (χ3n) is 2.38. The second-order valence-electron chi connectivity index (χ2n) is 3.82. The molecule has 0 saturated heterocycles. The molecular weight excluding hydrogens is 172 g/mol. The van der Waals surface area contributed by atoms with Crippen LogP contribution in [0.3, 0.4) is 0 Å². The minimum Gasteiger partial charge on any atom is -0.310 e. The topological polar surface area (TPSA) is 36.2 Å². The monoisotopic (exact) mass is 196 g/mol. The first-order valence-corrected chi connectivity index (χ1v) is 5.80. The van der Waals surface area contributed by atoms with E-state index in [4.69, 9.17) is 5.41 Å². The highest BCUT2D eigenvalue weighted by molar-refractivity contribution is 5.81. The van der Waals surface area contributed by atoms with Crippen LogP contribution in [0.5, 0.6) is 0 Å². The first-order chi connectivity index (χ1) is 6.81. The van der Waals surface area contributed by atoms with Crippen LogP contribution >= 0.6 is 0 Å². The normalized spacial score (nSPS) is 10.1. The van der Waals surface area contributed by atoms with Crippen molar-refractivity contribution in [3.05, 3.63) is 0 Å². The summed E-state index contributed by atoms with van der Waals surface area (Å²) in [6.45, 7) is 6.53. The van der Waals surface area contributed by atoms with E-state index in [0.29, 0.717) is 0 Å². The third-order valence-corrected chi connectivity index (χ3v) is 2.38. The van der Waals surface area contributed by atoms with Crippen LogP contribution in [0.15, 0.2) is 4.99 Å². The molecule has 1 N–H and O–H groups in total. The zero-order valence-electron chi connectivity index (χ0n) is 9.52. The molecule has 14 heavy (non-hydrogen) atoms. The van der Waals surface area contributed by atoms with Crippen LogP contribution in [0.25, 0.3) is 0 Å². The smallest absolute Gasteiger partial charge is 0.0382 e. The van der Waals surface area contributed by atoms with Gasteiger partial charge < -0.3 is 10.4 Å². The average Bonchev–Trinajstić information content (AvgIpc) is 2.20. The number of rotatable bonds is 10. The maximum atomic E-state index is 7.68. The lowest BCUT2D eigenvalue weighted by molar-refractivity contribution is 0.656. The Hall–Kier alpha value is -0.660. The fourth-order valence-corrected chi connectivity index (χ4v) is 1.43. The van der Waals surface area contributed by atoms with Gasteiger partial charge in [-0.15, -0.1) is 0 Å². The molecule has 0 amide bonds. The van der Waals surface area contributed by atoms with Crippen LogP contribution in [0, 0.1) is 5.41 Å². The molecule has 0 aliphatic heterocycles. The fraction of sp³-hybridized carbons (Fsp3) is 0.833. The highest BCUT2D eigenvalue weighted by Gasteiger charge is 1.96. The van der Waals surface area contributed by atoms with Crippen LogP contribution in [-0.4, -0.2) is 19.0 Å². The molecule has 2 nitrogen and oxygen atoms in total. The van der Waals surface area contributed by atoms with Gasteiger partial charge in [0.1, 0.15) is 0 Å². The predicted molar refractivity (Wildman–Crippen MR) is 64.8 cm³/mol. The molecule has 2 heteroatoms. The van der Waals surface area contributed by atoms with Crippen molar-refractivity contribution in [2.24, 2.45) is 4.99 Å². The van der Waals surface area contributed by atoms with Gasteiger partial charge in [-0.3, -0.25) is 0 Å². The molecule has 0 aliphatic carbocycles. The van der Waals surface area contributed by atoms with Gasteiger partial charge in [0.15, 0.2) is 0 Å². The number of hydrogen-bond acceptors (Lipinski definition) is 2. The van der Waals surface area contributed by atoms with Crippen molar-refractivity contribution >= 4 is 12.4 Å². The van der Waals surface area contributed by atoms with Crippen LogP contribution in [0.1, 0.15) is 58.3 Å². The summed E-state index contributed by atoms with van der Waals surface area (Å²) in [6.07, 6.45) is 9.20. The minimum atomic E-state index is 0.896. The van der Waals surface area contributed by atoms with Crippen molar-refractivity contribution in [1.29, 1.82) is 5.41 Å². The summed E-state index contributed by atoms with van der Waals surface area (Å²) in [5.74, 6) is 0. The molecule has 0 radical (unpaired) electrons. The van der Waals surface area contributed by atoms with E-state index in [9.17, 15) is 0 Å². The third kappa shape index (κ3) is 9.43. The van der Waals surface area contributed by atoms with E-state index in [1.807, 2.05) is 0 Å². The van der Waals surface area contributed by atoms with Crippen LogP contribution < -0.4 is 0 Å². The molecule has 82 valence electrons. The lowest BCUT2D eigenvalue weighted by Gasteiger charge is -2.02. The van der Waals surface area contributed by atoms with Crippen LogP contribution in [0.2, 0.25) is 0 Å². The predicted octanol–water partition coefficient (Wildman–Crippen LogP) is 3.85. The summed E-state index contributed by atoms with van der Waals surface area (Å²) in [5.41, 5.74) is 0.939. The van der Waals surface area contributed by atoms with Crippen molar-refractivity contribution in [1.82, 2.24) is 0 Å². The molecule has 0 aromatic heterocycles. The average molecular weight is 196 g/mol. The molecule has 0 heterocycles. The Kier molecular flexibility index (Phi) is 9.93. The van der Waals surface area contributed by atoms with Crippen molar-refractivity contribution in [3.63, 3.8) is 0 Å². The molecule has 0 aliphatic rings. The first-order valence-electron chi connectivity index (χ1n) is 5.80. The zero-order chi connectivity index (χ0) is 10.6. The molecule has 0 aromatic rings. The number of aliphatic imine (C=N–C) groups is 1. The molecule has 0 fully saturated rings. The van der Waals surface area contributed by atoms with Gasteiger partial charge in [-0.2, -0.15) is 0 Å². The number of unbranched alkanes of at least 4 members (excludes halogenated alkanes) is 4. The SMILES string of the molecule is C=NCCCCCCC(=N)CCCC. The van der Waals surface area contributed by atoms with E-state index < -0.39 is 0 Å².